The maximum Gasteiger partial charge on any atom is 0.182 e. The van der Waals surface area contributed by atoms with Crippen molar-refractivity contribution in [1.29, 1.82) is 0 Å². The van der Waals surface area contributed by atoms with Gasteiger partial charge in [0.25, 0.3) is 0 Å². The quantitative estimate of drug-likeness (QED) is 0.459. The van der Waals surface area contributed by atoms with Crippen LogP contribution in [0.3, 0.4) is 0 Å². The number of halogens is 1. The highest BCUT2D eigenvalue weighted by atomic mass is 35.5. The van der Waals surface area contributed by atoms with Gasteiger partial charge in [-0.15, -0.1) is 10.2 Å². The first-order chi connectivity index (χ1) is 13.2. The molecule has 0 radical (unpaired) electrons. The van der Waals surface area contributed by atoms with Gasteiger partial charge in [-0.3, -0.25) is 0 Å². The summed E-state index contributed by atoms with van der Waals surface area (Å²) in [5.74, 6) is 6.27. The number of aromatic nitrogens is 4. The number of hydrogen-bond donors (Lipinski definition) is 0. The Balaban J connectivity index is 1.94. The Bertz CT molecular complexity index is 1180. The van der Waals surface area contributed by atoms with E-state index in [1.165, 1.54) is 0 Å². The molecule has 0 saturated carbocycles. The molecule has 0 bridgehead atoms. The molecule has 4 aromatic rings. The van der Waals surface area contributed by atoms with E-state index >= 15 is 0 Å². The first-order valence-corrected chi connectivity index (χ1v) is 9.10. The van der Waals surface area contributed by atoms with Gasteiger partial charge < -0.3 is 0 Å². The second-order valence-corrected chi connectivity index (χ2v) is 6.51. The van der Waals surface area contributed by atoms with Gasteiger partial charge in [-0.2, -0.15) is 5.10 Å². The Morgan fingerprint density at radius 1 is 0.963 bits per heavy atom. The Kier molecular flexibility index (Phi) is 4.62. The van der Waals surface area contributed by atoms with Gasteiger partial charge >= 0.3 is 0 Å². The maximum absolute atomic E-state index is 6.78. The van der Waals surface area contributed by atoms with Crippen LogP contribution in [-0.4, -0.2) is 20.0 Å². The fourth-order valence-corrected chi connectivity index (χ4v) is 3.33. The summed E-state index contributed by atoms with van der Waals surface area (Å²) in [5, 5.41) is 14.7. The van der Waals surface area contributed by atoms with Crippen LogP contribution in [0, 0.1) is 11.8 Å². The topological polar surface area (TPSA) is 43.6 Å². The van der Waals surface area contributed by atoms with Crippen LogP contribution in [-0.2, 0) is 7.05 Å². The lowest BCUT2D eigenvalue weighted by Gasteiger charge is -2.05. The molecule has 4 rings (SSSR count). The van der Waals surface area contributed by atoms with Crippen LogP contribution in [0.5, 0.6) is 0 Å². The van der Waals surface area contributed by atoms with Gasteiger partial charge in [0, 0.05) is 30.2 Å². The Labute approximate surface area is 162 Å². The largest absolute Gasteiger partial charge is 0.248 e. The molecular formula is C22H17ClN4. The maximum atomic E-state index is 6.78. The monoisotopic (exact) mass is 372 g/mol. The predicted octanol–water partition coefficient (Wildman–Crippen LogP) is 5.11. The highest BCUT2D eigenvalue weighted by molar-refractivity contribution is 6.38. The van der Waals surface area contributed by atoms with E-state index in [0.29, 0.717) is 16.4 Å². The Morgan fingerprint density at radius 3 is 2.52 bits per heavy atom. The van der Waals surface area contributed by atoms with Crippen molar-refractivity contribution < 1.29 is 0 Å². The van der Waals surface area contributed by atoms with Crippen LogP contribution in [0.2, 0.25) is 5.02 Å². The summed E-state index contributed by atoms with van der Waals surface area (Å²) in [6, 6.07) is 17.8. The molecule has 0 atom stereocenters. The molecule has 0 aliphatic rings. The molecule has 2 aromatic heterocycles. The van der Waals surface area contributed by atoms with Gasteiger partial charge in [0.2, 0.25) is 0 Å². The van der Waals surface area contributed by atoms with Crippen molar-refractivity contribution >= 4 is 22.6 Å². The fraction of sp³-hybridized carbons (Fsp3) is 0.136. The van der Waals surface area contributed by atoms with Crippen molar-refractivity contribution in [3.8, 4) is 34.4 Å². The molecule has 2 aromatic carbocycles. The number of nitrogens with zero attached hydrogens (tertiary/aromatic N) is 4. The van der Waals surface area contributed by atoms with Gasteiger partial charge in [-0.05, 0) is 12.1 Å². The van der Waals surface area contributed by atoms with Crippen molar-refractivity contribution in [2.24, 2.45) is 7.05 Å². The van der Waals surface area contributed by atoms with E-state index in [2.05, 4.69) is 27.1 Å². The van der Waals surface area contributed by atoms with Crippen LogP contribution in [0.1, 0.15) is 18.9 Å². The first kappa shape index (κ1) is 17.3. The van der Waals surface area contributed by atoms with E-state index in [1.54, 1.807) is 4.68 Å². The summed E-state index contributed by atoms with van der Waals surface area (Å²) in [5.41, 5.74) is 4.92. The molecule has 0 saturated heterocycles. The van der Waals surface area contributed by atoms with Gasteiger partial charge in [0.05, 0.1) is 10.4 Å². The molecule has 0 aliphatic heterocycles. The van der Waals surface area contributed by atoms with E-state index in [0.717, 1.165) is 34.2 Å². The molecule has 2 heterocycles. The van der Waals surface area contributed by atoms with E-state index in [4.69, 9.17) is 11.6 Å². The summed E-state index contributed by atoms with van der Waals surface area (Å²) < 4.78 is 1.71. The molecule has 5 heteroatoms. The lowest BCUT2D eigenvalue weighted by atomic mass is 10.0. The highest BCUT2D eigenvalue weighted by Crippen LogP contribution is 2.36. The molecule has 0 unspecified atom stereocenters. The second kappa shape index (κ2) is 7.22. The van der Waals surface area contributed by atoms with E-state index < -0.39 is 0 Å². The summed E-state index contributed by atoms with van der Waals surface area (Å²) in [4.78, 5) is 0. The van der Waals surface area contributed by atoms with Crippen LogP contribution in [0.25, 0.3) is 33.5 Å². The second-order valence-electron chi connectivity index (χ2n) is 6.14. The Hall–Kier alpha value is -3.16. The molecule has 0 amide bonds. The lowest BCUT2D eigenvalue weighted by Crippen LogP contribution is -1.95. The molecular weight excluding hydrogens is 356 g/mol. The standard InChI is InChI=1S/C22H17ClN4/c1-3-4-9-15-10-8-13-17(14-15)20-18-19(23)21(16-11-6-5-7-12-16)24-25-22(18)27(2)26-20/h5-8,10-14H,3H2,1-2H3. The third-order valence-corrected chi connectivity index (χ3v) is 4.65. The summed E-state index contributed by atoms with van der Waals surface area (Å²) >= 11 is 6.78. The lowest BCUT2D eigenvalue weighted by molar-refractivity contribution is 0.781. The third-order valence-electron chi connectivity index (χ3n) is 4.28. The van der Waals surface area contributed by atoms with Gasteiger partial charge in [-0.1, -0.05) is 72.8 Å². The van der Waals surface area contributed by atoms with Crippen molar-refractivity contribution in [2.75, 3.05) is 0 Å². The van der Waals surface area contributed by atoms with Crippen molar-refractivity contribution in [2.45, 2.75) is 13.3 Å². The van der Waals surface area contributed by atoms with Crippen molar-refractivity contribution in [3.05, 3.63) is 65.2 Å². The zero-order valence-corrected chi connectivity index (χ0v) is 15.8. The smallest absolute Gasteiger partial charge is 0.182 e. The fourth-order valence-electron chi connectivity index (χ4n) is 3.01. The molecule has 0 aliphatic carbocycles. The summed E-state index contributed by atoms with van der Waals surface area (Å²) in [7, 11) is 1.85. The number of benzene rings is 2. The van der Waals surface area contributed by atoms with Crippen LogP contribution in [0.15, 0.2) is 54.6 Å². The number of aryl methyl sites for hydroxylation is 1. The highest BCUT2D eigenvalue weighted by Gasteiger charge is 2.19. The third kappa shape index (κ3) is 3.18. The van der Waals surface area contributed by atoms with E-state index in [-0.39, 0.29) is 0 Å². The zero-order chi connectivity index (χ0) is 18.8. The average Bonchev–Trinajstić information content (AvgIpc) is 3.05. The summed E-state index contributed by atoms with van der Waals surface area (Å²) in [6.07, 6.45) is 0.818. The molecule has 4 nitrogen and oxygen atoms in total. The molecule has 132 valence electrons. The molecule has 0 spiro atoms. The van der Waals surface area contributed by atoms with Crippen molar-refractivity contribution in [3.63, 3.8) is 0 Å². The normalized spacial score (nSPS) is 10.6. The molecule has 0 fully saturated rings. The molecule has 0 N–H and O–H groups in total. The van der Waals surface area contributed by atoms with Gasteiger partial charge in [-0.25, -0.2) is 4.68 Å². The predicted molar refractivity (Wildman–Crippen MR) is 109 cm³/mol. The first-order valence-electron chi connectivity index (χ1n) is 8.72. The number of hydrogen-bond acceptors (Lipinski definition) is 3. The Morgan fingerprint density at radius 2 is 1.74 bits per heavy atom. The van der Waals surface area contributed by atoms with Crippen molar-refractivity contribution in [1.82, 2.24) is 20.0 Å². The zero-order valence-electron chi connectivity index (χ0n) is 15.1. The number of rotatable bonds is 2. The minimum Gasteiger partial charge on any atom is -0.248 e. The van der Waals surface area contributed by atoms with E-state index in [1.807, 2.05) is 68.6 Å². The van der Waals surface area contributed by atoms with Gasteiger partial charge in [0.15, 0.2) is 5.65 Å². The number of fused-ring (bicyclic) bond motifs is 1. The minimum absolute atomic E-state index is 0.555. The summed E-state index contributed by atoms with van der Waals surface area (Å²) in [6.45, 7) is 2.03. The van der Waals surface area contributed by atoms with Crippen LogP contribution >= 0.6 is 11.6 Å². The van der Waals surface area contributed by atoms with Crippen LogP contribution < -0.4 is 0 Å². The molecule has 27 heavy (non-hydrogen) atoms. The minimum atomic E-state index is 0.555. The SMILES string of the molecule is CCC#Cc1cccc(-c2nn(C)c3nnc(-c4ccccc4)c(Cl)c23)c1. The van der Waals surface area contributed by atoms with Crippen LogP contribution in [0.4, 0.5) is 0 Å². The van der Waals surface area contributed by atoms with Gasteiger partial charge in [0.1, 0.15) is 11.4 Å². The van der Waals surface area contributed by atoms with E-state index in [9.17, 15) is 0 Å². The average molecular weight is 373 g/mol.